The number of benzene rings is 1. The Morgan fingerprint density at radius 1 is 1.09 bits per heavy atom. The summed E-state index contributed by atoms with van der Waals surface area (Å²) < 4.78 is 37.5. The molecule has 1 saturated carbocycles. The number of ether oxygens (including phenoxy) is 1. The number of hydrogen-bond donors (Lipinski definition) is 2. The minimum Gasteiger partial charge on any atom is -0.495 e. The Bertz CT molecular complexity index is 1700. The Morgan fingerprint density at radius 3 is 2.41 bits per heavy atom. The van der Waals surface area contributed by atoms with Gasteiger partial charge in [0.05, 0.1) is 26.9 Å². The van der Waals surface area contributed by atoms with Gasteiger partial charge in [0.2, 0.25) is 15.9 Å². The Labute approximate surface area is 275 Å². The molecule has 2 aliphatic rings. The molecule has 3 heterocycles. The monoisotopic (exact) mass is 703 g/mol. The van der Waals surface area contributed by atoms with Gasteiger partial charge in [-0.15, -0.1) is 23.7 Å². The van der Waals surface area contributed by atoms with E-state index in [1.807, 2.05) is 0 Å². The van der Waals surface area contributed by atoms with Gasteiger partial charge in [0.15, 0.2) is 0 Å². The summed E-state index contributed by atoms with van der Waals surface area (Å²) in [5.74, 6) is -1.03. The van der Waals surface area contributed by atoms with Crippen molar-refractivity contribution in [2.24, 2.45) is 7.05 Å². The third-order valence-electron chi connectivity index (χ3n) is 7.46. The van der Waals surface area contributed by atoms with Gasteiger partial charge < -0.3 is 19.5 Å². The number of carbonyl (C=O) groups is 2. The van der Waals surface area contributed by atoms with Crippen molar-refractivity contribution < 1.29 is 22.7 Å². The van der Waals surface area contributed by atoms with E-state index in [1.54, 1.807) is 23.1 Å². The summed E-state index contributed by atoms with van der Waals surface area (Å²) in [6, 6.07) is 8.16. The van der Waals surface area contributed by atoms with Crippen molar-refractivity contribution in [1.82, 2.24) is 24.4 Å². The van der Waals surface area contributed by atoms with Crippen LogP contribution in [0, 0.1) is 0 Å². The molecular formula is C28H32Cl3N5O6S2. The molecule has 44 heavy (non-hydrogen) atoms. The van der Waals surface area contributed by atoms with Crippen LogP contribution in [0.15, 0.2) is 52.3 Å². The molecule has 2 N–H and O–H groups in total. The van der Waals surface area contributed by atoms with Crippen molar-refractivity contribution in [2.75, 3.05) is 39.8 Å². The van der Waals surface area contributed by atoms with E-state index < -0.39 is 33.4 Å². The summed E-state index contributed by atoms with van der Waals surface area (Å²) in [5, 5.41) is 2.95. The summed E-state index contributed by atoms with van der Waals surface area (Å²) in [6.07, 6.45) is 3.75. The number of piperazine rings is 1. The molecular weight excluding hydrogens is 673 g/mol. The van der Waals surface area contributed by atoms with Gasteiger partial charge in [-0.3, -0.25) is 19.3 Å². The number of aryl methyl sites for hydroxylation is 1. The molecule has 0 unspecified atom stereocenters. The van der Waals surface area contributed by atoms with Crippen LogP contribution >= 0.6 is 46.9 Å². The molecule has 2 amide bonds. The number of sulfonamides is 1. The molecule has 11 nitrogen and oxygen atoms in total. The smallest absolute Gasteiger partial charge is 0.261 e. The van der Waals surface area contributed by atoms with E-state index >= 15 is 0 Å². The first-order chi connectivity index (χ1) is 20.5. The minimum atomic E-state index is -4.42. The molecule has 2 aromatic heterocycles. The molecule has 0 spiro atoms. The molecule has 1 aliphatic heterocycles. The molecule has 1 atom stereocenters. The predicted octanol–water partition coefficient (Wildman–Crippen LogP) is 3.23. The number of halogens is 3. The van der Waals surface area contributed by atoms with Gasteiger partial charge in [-0.25, -0.2) is 8.42 Å². The van der Waals surface area contributed by atoms with Crippen LogP contribution in [0.3, 0.4) is 0 Å². The average molecular weight is 705 g/mol. The topological polar surface area (TPSA) is 130 Å². The number of methoxy groups -OCH3 is 1. The molecule has 16 heteroatoms. The number of pyridine rings is 1. The summed E-state index contributed by atoms with van der Waals surface area (Å²) in [7, 11) is -1.59. The van der Waals surface area contributed by atoms with Gasteiger partial charge in [-0.05, 0) is 37.1 Å². The fourth-order valence-corrected chi connectivity index (χ4v) is 7.73. The number of amides is 2. The van der Waals surface area contributed by atoms with E-state index in [0.29, 0.717) is 41.4 Å². The maximum absolute atomic E-state index is 13.9. The second-order valence-electron chi connectivity index (χ2n) is 10.4. The maximum Gasteiger partial charge on any atom is 0.261 e. The quantitative estimate of drug-likeness (QED) is 0.332. The highest BCUT2D eigenvalue weighted by atomic mass is 35.5. The standard InChI is InChI=1S/C28H31Cl2N5O6S2.ClH/c1-33-16-17(29)14-20(27(33)37)19-4-3-5-23(25(19)41-2)43(39,40)32-21(15-31-26(36)22-8-9-24(30)42-22)28(38)35-12-10-34(11-13-35)18-6-7-18;/h3-5,8-9,14,16,18,21,32H,6-7,10-13,15H2,1-2H3,(H,31,36);1H/t21-;/m0./s1. The van der Waals surface area contributed by atoms with E-state index in [-0.39, 0.29) is 45.7 Å². The second kappa shape index (κ2) is 14.2. The normalized spacial score (nSPS) is 16.2. The lowest BCUT2D eigenvalue weighted by Crippen LogP contribution is -2.58. The molecule has 1 aromatic carbocycles. The molecule has 0 radical (unpaired) electrons. The summed E-state index contributed by atoms with van der Waals surface area (Å²) in [6.45, 7) is 1.98. The van der Waals surface area contributed by atoms with E-state index in [2.05, 4.69) is 14.9 Å². The van der Waals surface area contributed by atoms with Gasteiger partial charge in [0, 0.05) is 57.6 Å². The van der Waals surface area contributed by atoms with E-state index in [4.69, 9.17) is 27.9 Å². The Morgan fingerprint density at radius 2 is 1.80 bits per heavy atom. The number of aromatic nitrogens is 1. The van der Waals surface area contributed by atoms with Crippen molar-refractivity contribution >= 4 is 68.8 Å². The summed E-state index contributed by atoms with van der Waals surface area (Å²) >= 11 is 13.2. The number of carbonyl (C=O) groups excluding carboxylic acids is 2. The van der Waals surface area contributed by atoms with Gasteiger partial charge >= 0.3 is 0 Å². The van der Waals surface area contributed by atoms with E-state index in [0.717, 1.165) is 24.2 Å². The fourth-order valence-electron chi connectivity index (χ4n) is 5.13. The largest absolute Gasteiger partial charge is 0.495 e. The SMILES string of the molecule is COc1c(-c2cc(Cl)cn(C)c2=O)cccc1S(=O)(=O)N[C@@H](CNC(=O)c1ccc(Cl)s1)C(=O)N1CCN(C2CC2)CC1.Cl. The highest BCUT2D eigenvalue weighted by Crippen LogP contribution is 2.35. The summed E-state index contributed by atoms with van der Waals surface area (Å²) in [5.41, 5.74) is -0.0395. The third kappa shape index (κ3) is 7.58. The number of thiophene rings is 1. The lowest BCUT2D eigenvalue weighted by Gasteiger charge is -2.36. The Hall–Kier alpha value is -2.65. The highest BCUT2D eigenvalue weighted by Gasteiger charge is 2.36. The zero-order valence-electron chi connectivity index (χ0n) is 23.9. The number of hydrogen-bond acceptors (Lipinski definition) is 8. The molecule has 5 rings (SSSR count). The van der Waals surface area contributed by atoms with Crippen LogP contribution in [0.25, 0.3) is 11.1 Å². The van der Waals surface area contributed by atoms with Gasteiger partial charge in [0.25, 0.3) is 11.5 Å². The predicted molar refractivity (Wildman–Crippen MR) is 173 cm³/mol. The Balaban J connectivity index is 0.00000442. The second-order valence-corrected chi connectivity index (χ2v) is 14.2. The van der Waals surface area contributed by atoms with Crippen LogP contribution < -0.4 is 20.3 Å². The molecule has 238 valence electrons. The first-order valence-corrected chi connectivity index (χ1v) is 16.7. The lowest BCUT2D eigenvalue weighted by molar-refractivity contribution is -0.134. The van der Waals surface area contributed by atoms with Crippen molar-refractivity contribution in [3.8, 4) is 16.9 Å². The van der Waals surface area contributed by atoms with Gasteiger partial charge in [0.1, 0.15) is 16.7 Å². The van der Waals surface area contributed by atoms with E-state index in [9.17, 15) is 22.8 Å². The molecule has 2 fully saturated rings. The van der Waals surface area contributed by atoms with Crippen molar-refractivity contribution in [2.45, 2.75) is 29.8 Å². The van der Waals surface area contributed by atoms with Crippen LogP contribution in [0.2, 0.25) is 9.36 Å². The molecule has 1 saturated heterocycles. The van der Waals surface area contributed by atoms with Gasteiger partial charge in [-0.2, -0.15) is 4.72 Å². The molecule has 1 aliphatic carbocycles. The first kappa shape index (κ1) is 34.2. The van der Waals surface area contributed by atoms with Crippen molar-refractivity contribution in [1.29, 1.82) is 0 Å². The number of para-hydroxylation sites is 1. The minimum absolute atomic E-state index is 0. The number of rotatable bonds is 10. The lowest BCUT2D eigenvalue weighted by atomic mass is 10.1. The molecule has 3 aromatic rings. The highest BCUT2D eigenvalue weighted by molar-refractivity contribution is 7.89. The van der Waals surface area contributed by atoms with Crippen LogP contribution in [0.4, 0.5) is 0 Å². The van der Waals surface area contributed by atoms with Crippen LogP contribution in [0.1, 0.15) is 22.5 Å². The average Bonchev–Trinajstić information content (AvgIpc) is 3.75. The van der Waals surface area contributed by atoms with E-state index in [1.165, 1.54) is 43.1 Å². The zero-order valence-corrected chi connectivity index (χ0v) is 27.9. The fraction of sp³-hybridized carbons (Fsp3) is 0.393. The van der Waals surface area contributed by atoms with Crippen LogP contribution in [0.5, 0.6) is 5.75 Å². The molecule has 0 bridgehead atoms. The third-order valence-corrected chi connectivity index (χ3v) is 10.4. The zero-order chi connectivity index (χ0) is 30.9. The van der Waals surface area contributed by atoms with Crippen molar-refractivity contribution in [3.63, 3.8) is 0 Å². The maximum atomic E-state index is 13.9. The summed E-state index contributed by atoms with van der Waals surface area (Å²) in [4.78, 5) is 43.4. The number of nitrogens with zero attached hydrogens (tertiary/aromatic N) is 3. The van der Waals surface area contributed by atoms with Crippen LogP contribution in [-0.4, -0.2) is 86.5 Å². The first-order valence-electron chi connectivity index (χ1n) is 13.6. The van der Waals surface area contributed by atoms with Gasteiger partial charge in [-0.1, -0.05) is 35.3 Å². The number of nitrogens with one attached hydrogen (secondary N) is 2. The van der Waals surface area contributed by atoms with Crippen molar-refractivity contribution in [3.05, 3.63) is 67.2 Å². The van der Waals surface area contributed by atoms with Crippen LogP contribution in [-0.2, 0) is 21.9 Å². The Kier molecular flexibility index (Phi) is 11.0.